The van der Waals surface area contributed by atoms with Crippen LogP contribution < -0.4 is 10.0 Å². The first-order valence-corrected chi connectivity index (χ1v) is 11.3. The summed E-state index contributed by atoms with van der Waals surface area (Å²) in [6, 6.07) is 16.3. The number of carbonyl (C=O) groups is 1. The van der Waals surface area contributed by atoms with E-state index >= 15 is 0 Å². The van der Waals surface area contributed by atoms with E-state index in [0.29, 0.717) is 10.7 Å². The van der Waals surface area contributed by atoms with Crippen molar-refractivity contribution in [1.29, 1.82) is 0 Å². The van der Waals surface area contributed by atoms with Gasteiger partial charge in [-0.3, -0.25) is 9.52 Å². The third kappa shape index (κ3) is 5.53. The van der Waals surface area contributed by atoms with Crippen molar-refractivity contribution >= 4 is 50.5 Å². The monoisotopic (exact) mass is 462 g/mol. The quantitative estimate of drug-likeness (QED) is 0.500. The second-order valence-corrected chi connectivity index (χ2v) is 9.42. The highest BCUT2D eigenvalue weighted by Gasteiger charge is 2.16. The first-order valence-electron chi connectivity index (χ1n) is 9.08. The average molecular weight is 463 g/mol. The van der Waals surface area contributed by atoms with E-state index in [1.54, 1.807) is 6.07 Å². The van der Waals surface area contributed by atoms with Crippen molar-refractivity contribution in [3.05, 3.63) is 87.4 Å². The predicted molar refractivity (Wildman–Crippen MR) is 122 cm³/mol. The summed E-state index contributed by atoms with van der Waals surface area (Å²) in [6.07, 6.45) is 0.234. The summed E-state index contributed by atoms with van der Waals surface area (Å²) >= 11 is 11.9. The number of hydrogen-bond donors (Lipinski definition) is 2. The number of aryl methyl sites for hydroxylation is 2. The summed E-state index contributed by atoms with van der Waals surface area (Å²) in [5, 5.41) is 3.38. The fraction of sp³-hybridized carbons (Fsp3) is 0.136. The summed E-state index contributed by atoms with van der Waals surface area (Å²) < 4.78 is 27.6. The van der Waals surface area contributed by atoms with E-state index in [4.69, 9.17) is 23.2 Å². The maximum absolute atomic E-state index is 12.6. The molecule has 8 heteroatoms. The van der Waals surface area contributed by atoms with E-state index in [0.717, 1.165) is 11.1 Å². The number of amides is 1. The Hall–Kier alpha value is -2.54. The second-order valence-electron chi connectivity index (χ2n) is 6.90. The summed E-state index contributed by atoms with van der Waals surface area (Å²) in [5.41, 5.74) is 3.95. The molecule has 0 heterocycles. The number of sulfonamides is 1. The van der Waals surface area contributed by atoms with Crippen LogP contribution in [-0.2, 0) is 21.2 Å². The molecule has 2 N–H and O–H groups in total. The zero-order valence-electron chi connectivity index (χ0n) is 16.4. The van der Waals surface area contributed by atoms with Gasteiger partial charge in [-0.25, -0.2) is 8.42 Å². The Kier molecular flexibility index (Phi) is 6.71. The molecule has 0 atom stereocenters. The van der Waals surface area contributed by atoms with Gasteiger partial charge in [0.05, 0.1) is 22.0 Å². The van der Waals surface area contributed by atoms with Gasteiger partial charge in [0.1, 0.15) is 0 Å². The Balaban J connectivity index is 1.67. The number of benzene rings is 3. The predicted octanol–water partition coefficient (Wildman–Crippen LogP) is 5.59. The molecule has 0 unspecified atom stereocenters. The summed E-state index contributed by atoms with van der Waals surface area (Å²) in [4.78, 5) is 12.3. The van der Waals surface area contributed by atoms with Gasteiger partial charge in [0.15, 0.2) is 0 Å². The molecule has 0 aliphatic heterocycles. The van der Waals surface area contributed by atoms with Crippen LogP contribution in [0.15, 0.2) is 65.6 Å². The molecule has 3 aromatic rings. The van der Waals surface area contributed by atoms with Crippen LogP contribution in [0.1, 0.15) is 16.7 Å². The lowest BCUT2D eigenvalue weighted by atomic mass is 10.0. The number of carbonyl (C=O) groups excluding carboxylic acids is 1. The maximum atomic E-state index is 12.6. The third-order valence-electron chi connectivity index (χ3n) is 4.56. The van der Waals surface area contributed by atoms with Crippen LogP contribution in [0.2, 0.25) is 10.0 Å². The molecule has 30 heavy (non-hydrogen) atoms. The van der Waals surface area contributed by atoms with Crippen LogP contribution in [0.4, 0.5) is 11.4 Å². The zero-order valence-corrected chi connectivity index (χ0v) is 18.7. The van der Waals surface area contributed by atoms with E-state index in [-0.39, 0.29) is 27.9 Å². The van der Waals surface area contributed by atoms with Gasteiger partial charge in [0, 0.05) is 10.7 Å². The number of rotatable bonds is 6. The van der Waals surface area contributed by atoms with Gasteiger partial charge in [-0.2, -0.15) is 0 Å². The standard InChI is InChI=1S/C22H20Cl2N2O3S/c1-14-3-4-16(11-15(14)2)12-22(27)25-18-6-8-19(9-7-18)30(28,29)26-21-10-5-17(23)13-20(21)24/h3-11,13,26H,12H2,1-2H3,(H,25,27). The topological polar surface area (TPSA) is 75.3 Å². The Morgan fingerprint density at radius 1 is 0.900 bits per heavy atom. The summed E-state index contributed by atoms with van der Waals surface area (Å²) in [7, 11) is -3.84. The first-order chi connectivity index (χ1) is 14.1. The van der Waals surface area contributed by atoms with E-state index < -0.39 is 10.0 Å². The maximum Gasteiger partial charge on any atom is 0.261 e. The number of halogens is 2. The van der Waals surface area contributed by atoms with Crippen molar-refractivity contribution in [3.8, 4) is 0 Å². The third-order valence-corrected chi connectivity index (χ3v) is 6.49. The Morgan fingerprint density at radius 3 is 2.23 bits per heavy atom. The van der Waals surface area contributed by atoms with E-state index in [1.165, 1.54) is 42.0 Å². The smallest absolute Gasteiger partial charge is 0.261 e. The highest BCUT2D eigenvalue weighted by molar-refractivity contribution is 7.92. The van der Waals surface area contributed by atoms with E-state index in [1.807, 2.05) is 32.0 Å². The van der Waals surface area contributed by atoms with Crippen LogP contribution in [0.5, 0.6) is 0 Å². The first kappa shape index (κ1) is 22.2. The zero-order chi connectivity index (χ0) is 21.9. The highest BCUT2D eigenvalue weighted by atomic mass is 35.5. The lowest BCUT2D eigenvalue weighted by Gasteiger charge is -2.11. The molecular formula is C22H20Cl2N2O3S. The Bertz CT molecular complexity index is 1190. The van der Waals surface area contributed by atoms with Crippen LogP contribution in [-0.4, -0.2) is 14.3 Å². The van der Waals surface area contributed by atoms with Crippen molar-refractivity contribution in [2.24, 2.45) is 0 Å². The Morgan fingerprint density at radius 2 is 1.60 bits per heavy atom. The molecule has 0 bridgehead atoms. The van der Waals surface area contributed by atoms with Gasteiger partial charge in [-0.15, -0.1) is 0 Å². The largest absolute Gasteiger partial charge is 0.326 e. The van der Waals surface area contributed by atoms with Crippen LogP contribution in [0.3, 0.4) is 0 Å². The molecule has 0 spiro atoms. The molecule has 0 radical (unpaired) electrons. The van der Waals surface area contributed by atoms with E-state index in [9.17, 15) is 13.2 Å². The lowest BCUT2D eigenvalue weighted by molar-refractivity contribution is -0.115. The van der Waals surface area contributed by atoms with Gasteiger partial charge in [0.2, 0.25) is 5.91 Å². The van der Waals surface area contributed by atoms with Crippen molar-refractivity contribution < 1.29 is 13.2 Å². The molecule has 0 aliphatic carbocycles. The molecular weight excluding hydrogens is 443 g/mol. The second kappa shape index (κ2) is 9.08. The SMILES string of the molecule is Cc1ccc(CC(=O)Nc2ccc(S(=O)(=O)Nc3ccc(Cl)cc3Cl)cc2)cc1C. The Labute approximate surface area is 186 Å². The lowest BCUT2D eigenvalue weighted by Crippen LogP contribution is -2.15. The molecule has 3 aromatic carbocycles. The molecule has 0 aliphatic rings. The minimum atomic E-state index is -3.84. The summed E-state index contributed by atoms with van der Waals surface area (Å²) in [5.74, 6) is -0.181. The van der Waals surface area contributed by atoms with Crippen molar-refractivity contribution in [1.82, 2.24) is 0 Å². The molecule has 0 saturated carbocycles. The molecule has 0 saturated heterocycles. The molecule has 0 fully saturated rings. The molecule has 1 amide bonds. The van der Waals surface area contributed by atoms with E-state index in [2.05, 4.69) is 10.0 Å². The van der Waals surface area contributed by atoms with Crippen LogP contribution >= 0.6 is 23.2 Å². The fourth-order valence-corrected chi connectivity index (χ4v) is 4.39. The normalized spacial score (nSPS) is 11.2. The molecule has 0 aromatic heterocycles. The van der Waals surface area contributed by atoms with Gasteiger partial charge in [-0.05, 0) is 73.0 Å². The number of nitrogens with one attached hydrogen (secondary N) is 2. The van der Waals surface area contributed by atoms with Crippen molar-refractivity contribution in [2.45, 2.75) is 25.2 Å². The van der Waals surface area contributed by atoms with Gasteiger partial charge in [0.25, 0.3) is 10.0 Å². The average Bonchev–Trinajstić information content (AvgIpc) is 2.67. The van der Waals surface area contributed by atoms with Crippen molar-refractivity contribution in [3.63, 3.8) is 0 Å². The number of hydrogen-bond acceptors (Lipinski definition) is 3. The van der Waals surface area contributed by atoms with Crippen LogP contribution in [0.25, 0.3) is 0 Å². The molecule has 156 valence electrons. The van der Waals surface area contributed by atoms with Crippen LogP contribution in [0, 0.1) is 13.8 Å². The molecule has 5 nitrogen and oxygen atoms in total. The fourth-order valence-electron chi connectivity index (χ4n) is 2.80. The minimum Gasteiger partial charge on any atom is -0.326 e. The van der Waals surface area contributed by atoms with Gasteiger partial charge in [-0.1, -0.05) is 41.4 Å². The summed E-state index contributed by atoms with van der Waals surface area (Å²) in [6.45, 7) is 4.02. The van der Waals surface area contributed by atoms with Crippen molar-refractivity contribution in [2.75, 3.05) is 10.0 Å². The van der Waals surface area contributed by atoms with Gasteiger partial charge >= 0.3 is 0 Å². The van der Waals surface area contributed by atoms with Gasteiger partial charge < -0.3 is 5.32 Å². The molecule has 3 rings (SSSR count). The highest BCUT2D eigenvalue weighted by Crippen LogP contribution is 2.28. The number of anilines is 2. The minimum absolute atomic E-state index is 0.0423.